The minimum atomic E-state index is -0.945. The molecule has 0 bridgehead atoms. The fourth-order valence-electron chi connectivity index (χ4n) is 1.99. The van der Waals surface area contributed by atoms with Crippen molar-refractivity contribution in [1.82, 2.24) is 5.32 Å². The van der Waals surface area contributed by atoms with Gasteiger partial charge in [0.15, 0.2) is 0 Å². The van der Waals surface area contributed by atoms with Crippen molar-refractivity contribution in [3.8, 4) is 0 Å². The van der Waals surface area contributed by atoms with Crippen molar-refractivity contribution in [3.05, 3.63) is 12.2 Å². The Morgan fingerprint density at radius 3 is 2.65 bits per heavy atom. The molecular weight excluding hydrogens is 218 g/mol. The van der Waals surface area contributed by atoms with Gasteiger partial charge in [0.1, 0.15) is 6.04 Å². The first kappa shape index (κ1) is 13.7. The van der Waals surface area contributed by atoms with E-state index in [1.165, 1.54) is 0 Å². The van der Waals surface area contributed by atoms with E-state index in [0.717, 1.165) is 25.7 Å². The van der Waals surface area contributed by atoms with Crippen LogP contribution in [0.1, 0.15) is 39.5 Å². The molecule has 0 aliphatic heterocycles. The molecule has 2 N–H and O–H groups in total. The Hall–Kier alpha value is -1.32. The molecule has 4 nitrogen and oxygen atoms in total. The van der Waals surface area contributed by atoms with E-state index in [2.05, 4.69) is 11.4 Å². The van der Waals surface area contributed by atoms with Gasteiger partial charge in [0.05, 0.1) is 0 Å². The minimum Gasteiger partial charge on any atom is -0.480 e. The number of rotatable bonds is 5. The summed E-state index contributed by atoms with van der Waals surface area (Å²) in [6, 6.07) is -0.765. The number of hydrogen-bond acceptors (Lipinski definition) is 2. The van der Waals surface area contributed by atoms with Gasteiger partial charge < -0.3 is 10.4 Å². The maximum absolute atomic E-state index is 11.9. The minimum absolute atomic E-state index is 0.0458. The molecule has 4 heteroatoms. The van der Waals surface area contributed by atoms with Gasteiger partial charge in [0.25, 0.3) is 0 Å². The van der Waals surface area contributed by atoms with Crippen LogP contribution in [0.4, 0.5) is 0 Å². The standard InChI is InChI=1S/C13H21NO3/c1-3-9(2)11(13(16)17)14-12(15)10-7-5-4-6-8-10/h4-5,9-11H,3,6-8H2,1-2H3,(H,14,15)(H,16,17). The largest absolute Gasteiger partial charge is 0.480 e. The molecule has 3 unspecified atom stereocenters. The molecule has 0 fully saturated rings. The summed E-state index contributed by atoms with van der Waals surface area (Å²) in [6.45, 7) is 3.77. The van der Waals surface area contributed by atoms with Crippen LogP contribution in [0.15, 0.2) is 12.2 Å². The van der Waals surface area contributed by atoms with Crippen molar-refractivity contribution in [2.24, 2.45) is 11.8 Å². The third-order valence-corrected chi connectivity index (χ3v) is 3.42. The van der Waals surface area contributed by atoms with Crippen LogP contribution in [-0.4, -0.2) is 23.0 Å². The summed E-state index contributed by atoms with van der Waals surface area (Å²) < 4.78 is 0. The highest BCUT2D eigenvalue weighted by Crippen LogP contribution is 2.19. The van der Waals surface area contributed by atoms with E-state index < -0.39 is 12.0 Å². The summed E-state index contributed by atoms with van der Waals surface area (Å²) in [5.74, 6) is -1.18. The van der Waals surface area contributed by atoms with E-state index >= 15 is 0 Å². The lowest BCUT2D eigenvalue weighted by atomic mass is 9.92. The SMILES string of the molecule is CCC(C)C(NC(=O)C1CC=CCC1)C(=O)O. The molecule has 1 aliphatic rings. The zero-order valence-electron chi connectivity index (χ0n) is 10.5. The van der Waals surface area contributed by atoms with Gasteiger partial charge in [-0.25, -0.2) is 4.79 Å². The maximum Gasteiger partial charge on any atom is 0.326 e. The summed E-state index contributed by atoms with van der Waals surface area (Å²) in [7, 11) is 0. The van der Waals surface area contributed by atoms with Gasteiger partial charge in [0.2, 0.25) is 5.91 Å². The van der Waals surface area contributed by atoms with E-state index in [4.69, 9.17) is 5.11 Å². The van der Waals surface area contributed by atoms with Crippen LogP contribution < -0.4 is 5.32 Å². The summed E-state index contributed by atoms with van der Waals surface area (Å²) in [5, 5.41) is 11.8. The second-order valence-electron chi connectivity index (χ2n) is 4.69. The molecule has 0 aromatic carbocycles. The lowest BCUT2D eigenvalue weighted by molar-refractivity contribution is -0.144. The molecule has 0 heterocycles. The van der Waals surface area contributed by atoms with Crippen LogP contribution in [0, 0.1) is 11.8 Å². The van der Waals surface area contributed by atoms with E-state index in [0.29, 0.717) is 0 Å². The quantitative estimate of drug-likeness (QED) is 0.721. The average molecular weight is 239 g/mol. The van der Waals surface area contributed by atoms with Crippen molar-refractivity contribution < 1.29 is 14.7 Å². The first-order valence-corrected chi connectivity index (χ1v) is 6.24. The van der Waals surface area contributed by atoms with E-state index in [1.807, 2.05) is 19.9 Å². The molecule has 0 saturated carbocycles. The second-order valence-corrected chi connectivity index (χ2v) is 4.69. The molecule has 1 amide bonds. The van der Waals surface area contributed by atoms with E-state index in [1.54, 1.807) is 0 Å². The van der Waals surface area contributed by atoms with E-state index in [-0.39, 0.29) is 17.7 Å². The number of hydrogen-bond donors (Lipinski definition) is 2. The highest BCUT2D eigenvalue weighted by atomic mass is 16.4. The van der Waals surface area contributed by atoms with Gasteiger partial charge in [-0.2, -0.15) is 0 Å². The smallest absolute Gasteiger partial charge is 0.326 e. The molecule has 0 aromatic rings. The fraction of sp³-hybridized carbons (Fsp3) is 0.692. The Labute approximate surface area is 102 Å². The fourth-order valence-corrected chi connectivity index (χ4v) is 1.99. The molecule has 0 radical (unpaired) electrons. The van der Waals surface area contributed by atoms with Gasteiger partial charge >= 0.3 is 5.97 Å². The van der Waals surface area contributed by atoms with Crippen LogP contribution in [0.2, 0.25) is 0 Å². The molecule has 1 aliphatic carbocycles. The van der Waals surface area contributed by atoms with Crippen molar-refractivity contribution in [2.45, 2.75) is 45.6 Å². The van der Waals surface area contributed by atoms with E-state index in [9.17, 15) is 9.59 Å². The Morgan fingerprint density at radius 1 is 1.47 bits per heavy atom. The van der Waals surface area contributed by atoms with Gasteiger partial charge in [-0.1, -0.05) is 32.4 Å². The third kappa shape index (κ3) is 3.88. The molecule has 0 saturated heterocycles. The molecule has 17 heavy (non-hydrogen) atoms. The molecule has 96 valence electrons. The number of aliphatic carboxylic acids is 1. The molecule has 3 atom stereocenters. The predicted molar refractivity (Wildman–Crippen MR) is 65.5 cm³/mol. The van der Waals surface area contributed by atoms with Gasteiger partial charge in [-0.3, -0.25) is 4.79 Å². The lowest BCUT2D eigenvalue weighted by Gasteiger charge is -2.24. The lowest BCUT2D eigenvalue weighted by Crippen LogP contribution is -2.47. The van der Waals surface area contributed by atoms with Gasteiger partial charge in [-0.15, -0.1) is 0 Å². The molecule has 0 aromatic heterocycles. The average Bonchev–Trinajstić information content (AvgIpc) is 2.35. The topological polar surface area (TPSA) is 66.4 Å². The normalized spacial score (nSPS) is 22.8. The molecule has 1 rings (SSSR count). The Kier molecular flexibility index (Phi) is 5.19. The van der Waals surface area contributed by atoms with Crippen molar-refractivity contribution >= 4 is 11.9 Å². The number of allylic oxidation sites excluding steroid dienone is 2. The summed E-state index contributed by atoms with van der Waals surface area (Å²) in [5.41, 5.74) is 0. The predicted octanol–water partition coefficient (Wildman–Crippen LogP) is 1.96. The molecule has 0 spiro atoms. The van der Waals surface area contributed by atoms with Crippen molar-refractivity contribution in [3.63, 3.8) is 0 Å². The van der Waals surface area contributed by atoms with Crippen molar-refractivity contribution in [1.29, 1.82) is 0 Å². The zero-order valence-corrected chi connectivity index (χ0v) is 10.5. The number of amides is 1. The zero-order chi connectivity index (χ0) is 12.8. The Morgan fingerprint density at radius 2 is 2.18 bits per heavy atom. The first-order valence-electron chi connectivity index (χ1n) is 6.24. The summed E-state index contributed by atoms with van der Waals surface area (Å²) in [6.07, 6.45) is 7.23. The number of carbonyl (C=O) groups is 2. The summed E-state index contributed by atoms with van der Waals surface area (Å²) in [4.78, 5) is 23.0. The Balaban J connectivity index is 2.57. The second kappa shape index (κ2) is 6.42. The third-order valence-electron chi connectivity index (χ3n) is 3.42. The number of nitrogens with one attached hydrogen (secondary N) is 1. The van der Waals surface area contributed by atoms with Gasteiger partial charge in [0, 0.05) is 5.92 Å². The van der Waals surface area contributed by atoms with Crippen molar-refractivity contribution in [2.75, 3.05) is 0 Å². The highest BCUT2D eigenvalue weighted by Gasteiger charge is 2.28. The Bertz CT molecular complexity index is 312. The van der Waals surface area contributed by atoms with Crippen LogP contribution in [-0.2, 0) is 9.59 Å². The first-order chi connectivity index (χ1) is 8.06. The van der Waals surface area contributed by atoms with Crippen LogP contribution in [0.3, 0.4) is 0 Å². The van der Waals surface area contributed by atoms with Crippen LogP contribution >= 0.6 is 0 Å². The number of carbonyl (C=O) groups excluding carboxylic acids is 1. The highest BCUT2D eigenvalue weighted by molar-refractivity contribution is 5.85. The number of carboxylic acids is 1. The number of carboxylic acid groups (broad SMARTS) is 1. The van der Waals surface area contributed by atoms with Crippen LogP contribution in [0.5, 0.6) is 0 Å². The monoisotopic (exact) mass is 239 g/mol. The van der Waals surface area contributed by atoms with Crippen LogP contribution in [0.25, 0.3) is 0 Å². The van der Waals surface area contributed by atoms with Gasteiger partial charge in [-0.05, 0) is 25.2 Å². The summed E-state index contributed by atoms with van der Waals surface area (Å²) >= 11 is 0. The maximum atomic E-state index is 11.9. The molecular formula is C13H21NO3.